The van der Waals surface area contributed by atoms with Crippen molar-refractivity contribution < 1.29 is 32.6 Å². The lowest BCUT2D eigenvalue weighted by Crippen LogP contribution is -2.32. The van der Waals surface area contributed by atoms with Gasteiger partial charge in [-0.1, -0.05) is 0 Å². The second-order valence-electron chi connectivity index (χ2n) is 9.30. The lowest BCUT2D eigenvalue weighted by molar-refractivity contribution is -0.192. The second-order valence-corrected chi connectivity index (χ2v) is 9.30. The Morgan fingerprint density at radius 2 is 1.86 bits per heavy atom. The molecule has 2 N–H and O–H groups in total. The third-order valence-corrected chi connectivity index (χ3v) is 7.12. The smallest absolute Gasteiger partial charge is 0.475 e. The number of likely N-dealkylation sites (N-methyl/N-ethyl adjacent to an activating group) is 2. The van der Waals surface area contributed by atoms with E-state index in [9.17, 15) is 18.0 Å². The van der Waals surface area contributed by atoms with Crippen molar-refractivity contribution in [3.63, 3.8) is 0 Å². The Balaban J connectivity index is 0.000000429. The molecular weight excluding hydrogens is 463 g/mol. The summed E-state index contributed by atoms with van der Waals surface area (Å²) in [6, 6.07) is 6.26. The van der Waals surface area contributed by atoms with Gasteiger partial charge in [-0.05, 0) is 74.8 Å². The minimum atomic E-state index is -5.08. The zero-order valence-electron chi connectivity index (χ0n) is 20.5. The minimum absolute atomic E-state index is 0.103. The molecule has 1 saturated heterocycles. The van der Waals surface area contributed by atoms with E-state index in [0.717, 1.165) is 50.0 Å². The van der Waals surface area contributed by atoms with Crippen molar-refractivity contribution in [2.45, 2.75) is 38.3 Å². The molecule has 1 fully saturated rings. The summed E-state index contributed by atoms with van der Waals surface area (Å²) in [6.45, 7) is 3.35. The fraction of sp³-hybridized carbons (Fsp3) is 0.600. The number of amides is 1. The zero-order valence-corrected chi connectivity index (χ0v) is 20.5. The number of aryl methyl sites for hydroxylation is 1. The van der Waals surface area contributed by atoms with Crippen LogP contribution >= 0.6 is 0 Å². The Labute approximate surface area is 203 Å². The lowest BCUT2D eigenvalue weighted by Gasteiger charge is -2.33. The maximum Gasteiger partial charge on any atom is 0.490 e. The van der Waals surface area contributed by atoms with Gasteiger partial charge in [-0.15, -0.1) is 0 Å². The van der Waals surface area contributed by atoms with Crippen LogP contribution in [0.2, 0.25) is 0 Å². The first-order chi connectivity index (χ1) is 16.5. The first kappa shape index (κ1) is 27.0. The summed E-state index contributed by atoms with van der Waals surface area (Å²) in [7, 11) is 5.97. The number of fused-ring (bicyclic) bond motifs is 3. The number of benzene rings is 1. The van der Waals surface area contributed by atoms with E-state index in [1.54, 1.807) is 4.90 Å². The quantitative estimate of drug-likeness (QED) is 0.659. The number of hydrogen-bond acceptors (Lipinski definition) is 4. The average Bonchev–Trinajstić information content (AvgIpc) is 3.13. The lowest BCUT2D eigenvalue weighted by atomic mass is 9.75. The first-order valence-corrected chi connectivity index (χ1v) is 11.9. The number of carbonyl (C=O) groups is 2. The molecule has 2 heterocycles. The van der Waals surface area contributed by atoms with Crippen molar-refractivity contribution in [1.82, 2.24) is 14.8 Å². The zero-order chi connectivity index (χ0) is 25.8. The Bertz CT molecular complexity index is 1040. The molecule has 2 aromatic rings. The number of rotatable bonds is 5. The van der Waals surface area contributed by atoms with Gasteiger partial charge in [0.15, 0.2) is 0 Å². The van der Waals surface area contributed by atoms with Crippen LogP contribution in [0.3, 0.4) is 0 Å². The van der Waals surface area contributed by atoms with Gasteiger partial charge < -0.3 is 24.6 Å². The number of nitrogens with zero attached hydrogens (tertiary/aromatic N) is 2. The molecule has 0 saturated carbocycles. The number of aliphatic carboxylic acids is 1. The van der Waals surface area contributed by atoms with Gasteiger partial charge in [0.1, 0.15) is 0 Å². The van der Waals surface area contributed by atoms with E-state index in [1.807, 2.05) is 20.2 Å². The molecule has 7 nitrogen and oxygen atoms in total. The van der Waals surface area contributed by atoms with Crippen molar-refractivity contribution in [3.8, 4) is 0 Å². The van der Waals surface area contributed by atoms with Gasteiger partial charge in [0.2, 0.25) is 0 Å². The summed E-state index contributed by atoms with van der Waals surface area (Å²) >= 11 is 0. The molecule has 10 heteroatoms. The highest BCUT2D eigenvalue weighted by atomic mass is 19.4. The Morgan fingerprint density at radius 1 is 1.20 bits per heavy atom. The third kappa shape index (κ3) is 6.35. The van der Waals surface area contributed by atoms with Gasteiger partial charge in [-0.2, -0.15) is 13.2 Å². The van der Waals surface area contributed by atoms with Crippen LogP contribution in [0, 0.1) is 11.8 Å². The molecule has 35 heavy (non-hydrogen) atoms. The fourth-order valence-electron chi connectivity index (χ4n) is 5.13. The van der Waals surface area contributed by atoms with Gasteiger partial charge in [-0.25, -0.2) is 4.79 Å². The van der Waals surface area contributed by atoms with E-state index >= 15 is 0 Å². The summed E-state index contributed by atoms with van der Waals surface area (Å²) in [5.41, 5.74) is 5.00. The van der Waals surface area contributed by atoms with Crippen LogP contribution in [0.4, 0.5) is 13.2 Å². The minimum Gasteiger partial charge on any atom is -0.475 e. The molecule has 1 aromatic carbocycles. The fourth-order valence-corrected chi connectivity index (χ4v) is 5.13. The van der Waals surface area contributed by atoms with Crippen molar-refractivity contribution in [3.05, 3.63) is 35.0 Å². The summed E-state index contributed by atoms with van der Waals surface area (Å²) in [6.07, 6.45) is 0.883. The number of hydrogen-bond donors (Lipinski definition) is 2. The number of carbonyl (C=O) groups excluding carboxylic acids is 1. The average molecular weight is 498 g/mol. The van der Waals surface area contributed by atoms with Crippen LogP contribution in [-0.4, -0.2) is 73.0 Å². The predicted octanol–water partition coefficient (Wildman–Crippen LogP) is 3.63. The second kappa shape index (κ2) is 11.4. The number of ether oxygens (including phenoxy) is 1. The molecule has 2 aliphatic rings. The summed E-state index contributed by atoms with van der Waals surface area (Å²) < 4.78 is 39.7. The van der Waals surface area contributed by atoms with Crippen molar-refractivity contribution in [1.29, 1.82) is 0 Å². The number of halogens is 3. The van der Waals surface area contributed by atoms with Crippen LogP contribution in [-0.2, 0) is 29.4 Å². The van der Waals surface area contributed by atoms with Gasteiger partial charge in [0.05, 0.1) is 0 Å². The molecule has 1 aliphatic heterocycles. The SMILES string of the molecule is CNCCN(C)C(=O)c1ccc2c(c1)c1c(n2C)CCC(C2CCOCC2)C1.O=C(O)C(F)(F)F. The number of carboxylic acid groups (broad SMARTS) is 1. The van der Waals surface area contributed by atoms with Crippen LogP contribution in [0.5, 0.6) is 0 Å². The van der Waals surface area contributed by atoms with Gasteiger partial charge in [0.25, 0.3) is 5.91 Å². The molecule has 4 rings (SSSR count). The van der Waals surface area contributed by atoms with Crippen molar-refractivity contribution in [2.24, 2.45) is 18.9 Å². The summed E-state index contributed by atoms with van der Waals surface area (Å²) in [4.78, 5) is 23.6. The molecule has 0 spiro atoms. The van der Waals surface area contributed by atoms with E-state index in [4.69, 9.17) is 14.6 Å². The number of carboxylic acids is 1. The van der Waals surface area contributed by atoms with E-state index in [-0.39, 0.29) is 5.91 Å². The third-order valence-electron chi connectivity index (χ3n) is 7.12. The van der Waals surface area contributed by atoms with Crippen molar-refractivity contribution in [2.75, 3.05) is 40.4 Å². The molecular formula is C25H34F3N3O4. The van der Waals surface area contributed by atoms with Crippen LogP contribution in [0.25, 0.3) is 10.9 Å². The normalized spacial score (nSPS) is 18.5. The molecule has 1 atom stereocenters. The van der Waals surface area contributed by atoms with Crippen LogP contribution < -0.4 is 5.32 Å². The maximum atomic E-state index is 12.9. The molecule has 1 unspecified atom stereocenters. The van der Waals surface area contributed by atoms with Crippen molar-refractivity contribution >= 4 is 22.8 Å². The Morgan fingerprint density at radius 3 is 2.46 bits per heavy atom. The molecule has 0 radical (unpaired) electrons. The highest BCUT2D eigenvalue weighted by Gasteiger charge is 2.38. The molecule has 1 aromatic heterocycles. The monoisotopic (exact) mass is 497 g/mol. The van der Waals surface area contributed by atoms with Crippen LogP contribution in [0.15, 0.2) is 18.2 Å². The topological polar surface area (TPSA) is 83.8 Å². The predicted molar refractivity (Wildman–Crippen MR) is 127 cm³/mol. The van der Waals surface area contributed by atoms with E-state index in [0.29, 0.717) is 6.54 Å². The highest BCUT2D eigenvalue weighted by Crippen LogP contribution is 2.39. The number of nitrogens with one attached hydrogen (secondary N) is 1. The van der Waals surface area contributed by atoms with E-state index in [1.165, 1.54) is 41.4 Å². The molecule has 194 valence electrons. The maximum absolute atomic E-state index is 12.9. The Hall–Kier alpha value is -2.59. The van der Waals surface area contributed by atoms with E-state index < -0.39 is 12.1 Å². The Kier molecular flexibility index (Phi) is 8.82. The van der Waals surface area contributed by atoms with Gasteiger partial charge >= 0.3 is 12.1 Å². The standard InChI is InChI=1S/C23H33N3O2.C2HF3O2/c1-24-10-11-25(2)23(27)18-5-7-22-20(15-18)19-14-17(4-6-21(19)26(22)3)16-8-12-28-13-9-16;3-2(4,5)1(6)7/h5,7,15-17,24H,4,6,8-14H2,1-3H3;(H,6,7). The number of alkyl halides is 3. The van der Waals surface area contributed by atoms with Crippen LogP contribution in [0.1, 0.15) is 40.9 Å². The molecule has 1 amide bonds. The summed E-state index contributed by atoms with van der Waals surface area (Å²) in [5.74, 6) is -1.12. The molecule has 1 aliphatic carbocycles. The first-order valence-electron chi connectivity index (χ1n) is 11.9. The molecule has 0 bridgehead atoms. The summed E-state index contributed by atoms with van der Waals surface area (Å²) in [5, 5.41) is 11.5. The number of aromatic nitrogens is 1. The van der Waals surface area contributed by atoms with Gasteiger partial charge in [-0.3, -0.25) is 4.79 Å². The van der Waals surface area contributed by atoms with Gasteiger partial charge in [0, 0.05) is 62.6 Å². The highest BCUT2D eigenvalue weighted by molar-refractivity contribution is 5.99. The van der Waals surface area contributed by atoms with E-state index in [2.05, 4.69) is 29.1 Å². The largest absolute Gasteiger partial charge is 0.490 e.